The lowest BCUT2D eigenvalue weighted by Crippen LogP contribution is -2.33. The number of amides is 1. The number of carbonyl (C=O) groups excluding carboxylic acids is 2. The maximum Gasteiger partial charge on any atom is 0.341 e. The van der Waals surface area contributed by atoms with Crippen molar-refractivity contribution in [1.82, 2.24) is 4.90 Å². The first kappa shape index (κ1) is 19.9. The van der Waals surface area contributed by atoms with Gasteiger partial charge >= 0.3 is 5.97 Å². The van der Waals surface area contributed by atoms with Crippen LogP contribution in [0.1, 0.15) is 55.4 Å². The topological polar surface area (TPSA) is 67.9 Å². The first-order chi connectivity index (χ1) is 11.8. The Kier molecular flexibility index (Phi) is 6.59. The summed E-state index contributed by atoms with van der Waals surface area (Å²) in [6.45, 7) is 12.5. The molecule has 6 nitrogen and oxygen atoms in total. The van der Waals surface area contributed by atoms with E-state index in [1.807, 2.05) is 32.6 Å². The van der Waals surface area contributed by atoms with Gasteiger partial charge in [0, 0.05) is 11.3 Å². The average molecular weight is 368 g/mol. The molecule has 1 aliphatic heterocycles. The fourth-order valence-corrected chi connectivity index (χ4v) is 4.01. The molecule has 1 N–H and O–H groups in total. The van der Waals surface area contributed by atoms with Crippen molar-refractivity contribution in [2.45, 2.75) is 53.2 Å². The summed E-state index contributed by atoms with van der Waals surface area (Å²) < 4.78 is 11.1. The summed E-state index contributed by atoms with van der Waals surface area (Å²) in [5.74, 6) is -0.496. The summed E-state index contributed by atoms with van der Waals surface area (Å²) in [4.78, 5) is 27.9. The van der Waals surface area contributed by atoms with Gasteiger partial charge in [-0.05, 0) is 39.4 Å². The van der Waals surface area contributed by atoms with Crippen molar-refractivity contribution in [2.24, 2.45) is 0 Å². The Balaban J connectivity index is 2.29. The van der Waals surface area contributed by atoms with Gasteiger partial charge in [-0.3, -0.25) is 9.69 Å². The largest absolute Gasteiger partial charge is 0.462 e. The second-order valence-corrected chi connectivity index (χ2v) is 7.77. The van der Waals surface area contributed by atoms with Gasteiger partial charge in [0.2, 0.25) is 5.91 Å². The van der Waals surface area contributed by atoms with Crippen molar-refractivity contribution >= 4 is 28.2 Å². The summed E-state index contributed by atoms with van der Waals surface area (Å²) in [6.07, 6.45) is 0.624. The lowest BCUT2D eigenvalue weighted by molar-refractivity contribution is -0.117. The lowest BCUT2D eigenvalue weighted by Gasteiger charge is -2.30. The Morgan fingerprint density at radius 2 is 1.96 bits per heavy atom. The maximum atomic E-state index is 12.5. The van der Waals surface area contributed by atoms with E-state index in [4.69, 9.17) is 9.47 Å². The number of fused-ring (bicyclic) bond motifs is 1. The summed E-state index contributed by atoms with van der Waals surface area (Å²) in [7, 11) is 0. The molecule has 1 aliphatic rings. The molecule has 1 aromatic heterocycles. The minimum Gasteiger partial charge on any atom is -0.462 e. The molecule has 0 spiro atoms. The van der Waals surface area contributed by atoms with E-state index in [-0.39, 0.29) is 17.5 Å². The fraction of sp³-hybridized carbons (Fsp3) is 0.667. The van der Waals surface area contributed by atoms with Crippen molar-refractivity contribution in [2.75, 3.05) is 31.6 Å². The number of rotatable bonds is 7. The number of hydrogen-bond donors (Lipinski definition) is 1. The molecular formula is C18H28N2O4S. The highest BCUT2D eigenvalue weighted by Gasteiger charge is 2.34. The van der Waals surface area contributed by atoms with E-state index in [0.717, 1.165) is 23.5 Å². The minimum atomic E-state index is -0.379. The van der Waals surface area contributed by atoms with Crippen molar-refractivity contribution < 1.29 is 19.1 Å². The second-order valence-electron chi connectivity index (χ2n) is 6.66. The van der Waals surface area contributed by atoms with Gasteiger partial charge in [-0.2, -0.15) is 0 Å². The normalized spacial score (nSPS) is 15.8. The number of nitrogens with zero attached hydrogens (tertiary/aromatic N) is 1. The van der Waals surface area contributed by atoms with Gasteiger partial charge in [0.1, 0.15) is 5.00 Å². The molecular weight excluding hydrogens is 340 g/mol. The Morgan fingerprint density at radius 1 is 1.28 bits per heavy atom. The Morgan fingerprint density at radius 3 is 2.56 bits per heavy atom. The third kappa shape index (κ3) is 4.80. The maximum absolute atomic E-state index is 12.5. The number of anilines is 1. The van der Waals surface area contributed by atoms with E-state index in [1.165, 1.54) is 11.3 Å². The van der Waals surface area contributed by atoms with E-state index in [0.29, 0.717) is 36.7 Å². The molecule has 1 aromatic rings. The van der Waals surface area contributed by atoms with E-state index in [2.05, 4.69) is 5.32 Å². The van der Waals surface area contributed by atoms with Crippen molar-refractivity contribution in [3.05, 3.63) is 16.0 Å². The Bertz CT molecular complexity index is 635. The van der Waals surface area contributed by atoms with Gasteiger partial charge < -0.3 is 14.8 Å². The number of thiophene rings is 1. The zero-order valence-corrected chi connectivity index (χ0v) is 16.5. The van der Waals surface area contributed by atoms with Crippen LogP contribution < -0.4 is 5.32 Å². The van der Waals surface area contributed by atoms with Crippen LogP contribution in [0.15, 0.2) is 0 Å². The minimum absolute atomic E-state index is 0.118. The number of ether oxygens (including phenoxy) is 2. The predicted octanol–water partition coefficient (Wildman–Crippen LogP) is 3.06. The van der Waals surface area contributed by atoms with Crippen molar-refractivity contribution in [3.8, 4) is 0 Å². The third-order valence-corrected chi connectivity index (χ3v) is 5.40. The molecule has 2 heterocycles. The second kappa shape index (κ2) is 8.29. The molecule has 0 aromatic carbocycles. The molecule has 0 fully saturated rings. The summed E-state index contributed by atoms with van der Waals surface area (Å²) in [6, 6.07) is 0. The predicted molar refractivity (Wildman–Crippen MR) is 99.3 cm³/mol. The monoisotopic (exact) mass is 368 g/mol. The summed E-state index contributed by atoms with van der Waals surface area (Å²) in [5, 5.41) is 3.49. The highest BCUT2D eigenvalue weighted by atomic mass is 32.1. The molecule has 0 radical (unpaired) electrons. The molecule has 140 valence electrons. The number of nitrogens with one attached hydrogen (secondary N) is 1. The molecule has 0 unspecified atom stereocenters. The summed E-state index contributed by atoms with van der Waals surface area (Å²) in [5.41, 5.74) is 1.10. The van der Waals surface area contributed by atoms with Crippen molar-refractivity contribution in [1.29, 1.82) is 0 Å². The highest BCUT2D eigenvalue weighted by Crippen LogP contribution is 2.40. The van der Waals surface area contributed by atoms with Gasteiger partial charge in [0.05, 0.1) is 30.9 Å². The van der Waals surface area contributed by atoms with Crippen LogP contribution in [-0.4, -0.2) is 48.6 Å². The first-order valence-electron chi connectivity index (χ1n) is 8.79. The van der Waals surface area contributed by atoms with Gasteiger partial charge in [-0.1, -0.05) is 13.8 Å². The van der Waals surface area contributed by atoms with Crippen LogP contribution in [0.3, 0.4) is 0 Å². The first-order valence-corrected chi connectivity index (χ1v) is 9.60. The molecule has 0 saturated carbocycles. The zero-order valence-electron chi connectivity index (χ0n) is 15.7. The lowest BCUT2D eigenvalue weighted by atomic mass is 9.93. The molecule has 1 amide bonds. The van der Waals surface area contributed by atoms with Crippen LogP contribution in [0.5, 0.6) is 0 Å². The molecule has 0 saturated heterocycles. The molecule has 7 heteroatoms. The number of carbonyl (C=O) groups is 2. The van der Waals surface area contributed by atoms with E-state index < -0.39 is 0 Å². The van der Waals surface area contributed by atoms with E-state index in [9.17, 15) is 9.59 Å². The fourth-order valence-electron chi connectivity index (χ4n) is 2.88. The van der Waals surface area contributed by atoms with Crippen molar-refractivity contribution in [3.63, 3.8) is 0 Å². The van der Waals surface area contributed by atoms with Crippen LogP contribution in [0.2, 0.25) is 0 Å². The van der Waals surface area contributed by atoms with Crippen LogP contribution >= 0.6 is 11.3 Å². The molecule has 25 heavy (non-hydrogen) atoms. The van der Waals surface area contributed by atoms with Gasteiger partial charge in [-0.15, -0.1) is 11.3 Å². The van der Waals surface area contributed by atoms with E-state index >= 15 is 0 Å². The third-order valence-electron chi connectivity index (χ3n) is 4.28. The Hall–Kier alpha value is -1.44. The molecule has 0 aliphatic carbocycles. The number of likely N-dealkylation sites (N-methyl/N-ethyl adjacent to an activating group) is 1. The zero-order chi connectivity index (χ0) is 18.6. The molecule has 0 atom stereocenters. The number of esters is 1. The number of hydrogen-bond acceptors (Lipinski definition) is 6. The molecule has 0 bridgehead atoms. The van der Waals surface area contributed by atoms with Gasteiger partial charge in [0.25, 0.3) is 0 Å². The Labute approximate surface area is 153 Å². The average Bonchev–Trinajstić information content (AvgIpc) is 2.88. The smallest absolute Gasteiger partial charge is 0.341 e. The molecule has 2 rings (SSSR count). The van der Waals surface area contributed by atoms with Crippen LogP contribution in [0, 0.1) is 0 Å². The van der Waals surface area contributed by atoms with Gasteiger partial charge in [-0.25, -0.2) is 4.79 Å². The van der Waals surface area contributed by atoms with Crippen LogP contribution in [0.4, 0.5) is 5.00 Å². The van der Waals surface area contributed by atoms with E-state index in [1.54, 1.807) is 6.92 Å². The van der Waals surface area contributed by atoms with Crippen LogP contribution in [0.25, 0.3) is 0 Å². The van der Waals surface area contributed by atoms with Crippen LogP contribution in [-0.2, 0) is 27.3 Å². The summed E-state index contributed by atoms with van der Waals surface area (Å²) >= 11 is 1.41. The van der Waals surface area contributed by atoms with Gasteiger partial charge in [0.15, 0.2) is 0 Å². The highest BCUT2D eigenvalue weighted by molar-refractivity contribution is 7.17. The standard InChI is InChI=1S/C18H28N2O4S/c1-6-20(7-2)10-14(21)19-16-15(17(22)23-8-3)12-9-18(4,5)24-11-13(12)25-16/h6-11H2,1-5H3,(H,19,21). The SMILES string of the molecule is CCOC(=O)c1c(NC(=O)CN(CC)CC)sc2c1CC(C)(C)OC2. The quantitative estimate of drug-likeness (QED) is 0.749.